The molecule has 0 rings (SSSR count). The number of hydrogen-bond acceptors (Lipinski definition) is 6. The number of nitrogens with one attached hydrogen (secondary N) is 1. The molecule has 0 aromatic carbocycles. The molecule has 0 aliphatic rings. The third-order valence-electron chi connectivity index (χ3n) is 1.48. The molecular formula is C9H13NO5. The number of allylic oxidation sites excluding steroid dienone is 1. The third kappa shape index (κ3) is 3.41. The molecule has 0 aliphatic heterocycles. The molecule has 0 aromatic heterocycles. The minimum atomic E-state index is -0.980. The van der Waals surface area contributed by atoms with Gasteiger partial charge in [0.15, 0.2) is 5.71 Å². The van der Waals surface area contributed by atoms with Gasteiger partial charge in [0.05, 0.1) is 13.7 Å². The molecule has 0 bridgehead atoms. The number of esters is 2. The summed E-state index contributed by atoms with van der Waals surface area (Å²) < 4.78 is 8.83. The van der Waals surface area contributed by atoms with E-state index >= 15 is 0 Å². The molecule has 0 amide bonds. The summed E-state index contributed by atoms with van der Waals surface area (Å²) in [6.07, 6.45) is 0. The van der Waals surface area contributed by atoms with Gasteiger partial charge in [0, 0.05) is 0 Å². The first-order chi connectivity index (χ1) is 6.95. The van der Waals surface area contributed by atoms with E-state index in [0.717, 1.165) is 7.11 Å². The van der Waals surface area contributed by atoms with Crippen molar-refractivity contribution in [2.45, 2.75) is 13.8 Å². The van der Waals surface area contributed by atoms with Crippen LogP contribution in [-0.2, 0) is 19.1 Å². The van der Waals surface area contributed by atoms with Crippen LogP contribution < -0.4 is 0 Å². The van der Waals surface area contributed by atoms with E-state index < -0.39 is 29.0 Å². The Morgan fingerprint density at radius 3 is 2.20 bits per heavy atom. The van der Waals surface area contributed by atoms with Gasteiger partial charge in [-0.2, -0.15) is 0 Å². The fourth-order valence-corrected chi connectivity index (χ4v) is 0.838. The standard InChI is InChI=1S/C9H13NO5/c1-4-15-9(13)7(10)6(5(2)11)8(12)14-3/h10-11H,4H2,1-3H3/b6-5+,10-7?. The summed E-state index contributed by atoms with van der Waals surface area (Å²) in [5.74, 6) is -2.39. The molecule has 15 heavy (non-hydrogen) atoms. The van der Waals surface area contributed by atoms with Crippen molar-refractivity contribution in [2.75, 3.05) is 13.7 Å². The largest absolute Gasteiger partial charge is 0.512 e. The Balaban J connectivity index is 4.99. The highest BCUT2D eigenvalue weighted by atomic mass is 16.5. The Bertz CT molecular complexity index is 314. The Morgan fingerprint density at radius 2 is 1.87 bits per heavy atom. The van der Waals surface area contributed by atoms with Crippen molar-refractivity contribution in [3.05, 3.63) is 11.3 Å². The first-order valence-corrected chi connectivity index (χ1v) is 4.19. The smallest absolute Gasteiger partial charge is 0.357 e. The maximum absolute atomic E-state index is 11.1. The van der Waals surface area contributed by atoms with Crippen LogP contribution in [0.25, 0.3) is 0 Å². The molecule has 0 unspecified atom stereocenters. The Morgan fingerprint density at radius 1 is 1.33 bits per heavy atom. The molecule has 2 N–H and O–H groups in total. The highest BCUT2D eigenvalue weighted by Gasteiger charge is 2.25. The van der Waals surface area contributed by atoms with Crippen LogP contribution in [0, 0.1) is 5.41 Å². The van der Waals surface area contributed by atoms with Gasteiger partial charge < -0.3 is 14.6 Å². The van der Waals surface area contributed by atoms with E-state index in [0.29, 0.717) is 0 Å². The predicted molar refractivity (Wildman–Crippen MR) is 51.7 cm³/mol. The van der Waals surface area contributed by atoms with Crippen LogP contribution in [0.15, 0.2) is 11.3 Å². The minimum Gasteiger partial charge on any atom is -0.512 e. The summed E-state index contributed by atoms with van der Waals surface area (Å²) in [5.41, 5.74) is -1.21. The van der Waals surface area contributed by atoms with Gasteiger partial charge in [-0.25, -0.2) is 9.59 Å². The second-order valence-corrected chi connectivity index (χ2v) is 2.55. The van der Waals surface area contributed by atoms with Crippen molar-refractivity contribution in [1.29, 1.82) is 5.41 Å². The Kier molecular flexibility index (Phi) is 5.08. The molecule has 0 saturated heterocycles. The van der Waals surface area contributed by atoms with E-state index in [4.69, 9.17) is 10.5 Å². The number of aliphatic hydroxyl groups is 1. The van der Waals surface area contributed by atoms with Gasteiger partial charge in [-0.3, -0.25) is 5.41 Å². The fourth-order valence-electron chi connectivity index (χ4n) is 0.838. The van der Waals surface area contributed by atoms with Crippen molar-refractivity contribution in [3.8, 4) is 0 Å². The van der Waals surface area contributed by atoms with Crippen LogP contribution in [0.1, 0.15) is 13.8 Å². The minimum absolute atomic E-state index is 0.0835. The van der Waals surface area contributed by atoms with Crippen LogP contribution in [0.5, 0.6) is 0 Å². The number of methoxy groups -OCH3 is 1. The summed E-state index contributed by atoms with van der Waals surface area (Å²) in [4.78, 5) is 22.2. The summed E-state index contributed by atoms with van der Waals surface area (Å²) in [6, 6.07) is 0. The lowest BCUT2D eigenvalue weighted by Gasteiger charge is -2.07. The first-order valence-electron chi connectivity index (χ1n) is 4.19. The van der Waals surface area contributed by atoms with Gasteiger partial charge in [0.1, 0.15) is 11.3 Å². The van der Waals surface area contributed by atoms with Gasteiger partial charge in [-0.15, -0.1) is 0 Å². The normalized spacial score (nSPS) is 11.4. The molecule has 0 heterocycles. The molecule has 84 valence electrons. The zero-order valence-corrected chi connectivity index (χ0v) is 8.79. The number of hydrogen-bond donors (Lipinski definition) is 2. The van der Waals surface area contributed by atoms with E-state index in [-0.39, 0.29) is 6.61 Å². The van der Waals surface area contributed by atoms with Gasteiger partial charge in [-0.05, 0) is 13.8 Å². The van der Waals surface area contributed by atoms with E-state index in [2.05, 4.69) is 9.47 Å². The van der Waals surface area contributed by atoms with E-state index in [1.807, 2.05) is 0 Å². The van der Waals surface area contributed by atoms with E-state index in [1.165, 1.54) is 6.92 Å². The average molecular weight is 215 g/mol. The summed E-state index contributed by atoms with van der Waals surface area (Å²) >= 11 is 0. The Hall–Kier alpha value is -1.85. The number of aliphatic hydroxyl groups excluding tert-OH is 1. The van der Waals surface area contributed by atoms with Gasteiger partial charge in [-0.1, -0.05) is 0 Å². The molecular weight excluding hydrogens is 202 g/mol. The second-order valence-electron chi connectivity index (χ2n) is 2.55. The van der Waals surface area contributed by atoms with Crippen molar-refractivity contribution in [1.82, 2.24) is 0 Å². The number of carbonyl (C=O) groups excluding carboxylic acids is 2. The van der Waals surface area contributed by atoms with Crippen molar-refractivity contribution >= 4 is 17.7 Å². The SMILES string of the molecule is CCOC(=O)C(=N)/C(C(=O)OC)=C(/C)O. The maximum atomic E-state index is 11.1. The van der Waals surface area contributed by atoms with Gasteiger partial charge in [0.25, 0.3) is 0 Å². The highest BCUT2D eigenvalue weighted by Crippen LogP contribution is 2.06. The zero-order valence-electron chi connectivity index (χ0n) is 8.79. The second kappa shape index (κ2) is 5.79. The van der Waals surface area contributed by atoms with Crippen LogP contribution >= 0.6 is 0 Å². The fraction of sp³-hybridized carbons (Fsp3) is 0.444. The van der Waals surface area contributed by atoms with Crippen LogP contribution in [0.3, 0.4) is 0 Å². The lowest BCUT2D eigenvalue weighted by molar-refractivity contribution is -0.138. The topological polar surface area (TPSA) is 96.7 Å². The Labute approximate surface area is 87.0 Å². The van der Waals surface area contributed by atoms with Crippen LogP contribution in [0.2, 0.25) is 0 Å². The lowest BCUT2D eigenvalue weighted by atomic mass is 10.1. The summed E-state index contributed by atoms with van der Waals surface area (Å²) in [7, 11) is 1.09. The van der Waals surface area contributed by atoms with E-state index in [1.54, 1.807) is 6.92 Å². The van der Waals surface area contributed by atoms with Gasteiger partial charge in [0.2, 0.25) is 0 Å². The highest BCUT2D eigenvalue weighted by molar-refractivity contribution is 6.48. The molecule has 0 radical (unpaired) electrons. The molecule has 0 saturated carbocycles. The van der Waals surface area contributed by atoms with Crippen molar-refractivity contribution in [3.63, 3.8) is 0 Å². The molecule has 0 aliphatic carbocycles. The monoisotopic (exact) mass is 215 g/mol. The quantitative estimate of drug-likeness (QED) is 0.309. The summed E-state index contributed by atoms with van der Waals surface area (Å²) in [6.45, 7) is 2.83. The van der Waals surface area contributed by atoms with Crippen molar-refractivity contribution < 1.29 is 24.2 Å². The molecule has 6 nitrogen and oxygen atoms in total. The molecule has 0 atom stereocenters. The first kappa shape index (κ1) is 13.2. The number of ether oxygens (including phenoxy) is 2. The predicted octanol–water partition coefficient (Wildman–Crippen LogP) is 0.574. The average Bonchev–Trinajstić information content (AvgIpc) is 2.17. The van der Waals surface area contributed by atoms with Gasteiger partial charge >= 0.3 is 11.9 Å². The molecule has 0 aromatic rings. The van der Waals surface area contributed by atoms with Crippen LogP contribution in [-0.4, -0.2) is 36.5 Å². The number of rotatable bonds is 4. The lowest BCUT2D eigenvalue weighted by Crippen LogP contribution is -2.25. The van der Waals surface area contributed by atoms with E-state index in [9.17, 15) is 9.59 Å². The summed E-state index contributed by atoms with van der Waals surface area (Å²) in [5, 5.41) is 16.5. The van der Waals surface area contributed by atoms with Crippen molar-refractivity contribution in [2.24, 2.45) is 0 Å². The van der Waals surface area contributed by atoms with Crippen LogP contribution in [0.4, 0.5) is 0 Å². The number of carbonyl (C=O) groups is 2. The third-order valence-corrected chi connectivity index (χ3v) is 1.48. The molecule has 0 spiro atoms. The molecule has 0 fully saturated rings. The molecule has 6 heteroatoms. The zero-order chi connectivity index (χ0) is 12.0. The maximum Gasteiger partial charge on any atom is 0.357 e.